The molecule has 1 saturated carbocycles. The standard InChI is InChI=1S/C23H26N4OS/c1-4-27-22(19-13-18(19)17-10-6-5-7-11-17)25-26-23(27)29-14-21(28)24-20-12-8-9-15(2)16(20)3/h5-12,18-19H,4,13-14H2,1-3H3,(H,24,28). The summed E-state index contributed by atoms with van der Waals surface area (Å²) in [5.74, 6) is 2.28. The summed E-state index contributed by atoms with van der Waals surface area (Å²) < 4.78 is 2.16. The van der Waals surface area contributed by atoms with Crippen molar-refractivity contribution >= 4 is 23.4 Å². The van der Waals surface area contributed by atoms with Crippen LogP contribution < -0.4 is 5.32 Å². The zero-order valence-electron chi connectivity index (χ0n) is 17.1. The van der Waals surface area contributed by atoms with Gasteiger partial charge in [-0.3, -0.25) is 4.79 Å². The van der Waals surface area contributed by atoms with Crippen LogP contribution in [0.5, 0.6) is 0 Å². The zero-order valence-corrected chi connectivity index (χ0v) is 17.9. The highest BCUT2D eigenvalue weighted by atomic mass is 32.2. The van der Waals surface area contributed by atoms with E-state index in [0.29, 0.717) is 17.6 Å². The van der Waals surface area contributed by atoms with Gasteiger partial charge in [0, 0.05) is 18.2 Å². The largest absolute Gasteiger partial charge is 0.325 e. The molecule has 6 heteroatoms. The first-order chi connectivity index (χ1) is 14.1. The molecule has 1 aliphatic carbocycles. The number of rotatable bonds is 7. The zero-order chi connectivity index (χ0) is 20.4. The predicted octanol–water partition coefficient (Wildman–Crippen LogP) is 4.92. The van der Waals surface area contributed by atoms with Gasteiger partial charge in [-0.05, 0) is 55.9 Å². The third-order valence-electron chi connectivity index (χ3n) is 5.62. The molecule has 5 nitrogen and oxygen atoms in total. The first-order valence-electron chi connectivity index (χ1n) is 10.1. The Hall–Kier alpha value is -2.60. The number of aromatic nitrogens is 3. The third kappa shape index (κ3) is 4.22. The fourth-order valence-corrected chi connectivity index (χ4v) is 4.54. The number of thioether (sulfide) groups is 1. The molecular formula is C23H26N4OS. The second kappa shape index (κ2) is 8.41. The molecule has 0 aliphatic heterocycles. The maximum atomic E-state index is 12.4. The number of carbonyl (C=O) groups is 1. The average molecular weight is 407 g/mol. The molecule has 2 unspecified atom stereocenters. The number of hydrogen-bond acceptors (Lipinski definition) is 4. The summed E-state index contributed by atoms with van der Waals surface area (Å²) >= 11 is 1.45. The molecule has 1 fully saturated rings. The molecule has 0 saturated heterocycles. The number of aryl methyl sites for hydroxylation is 1. The molecule has 2 atom stereocenters. The molecular weight excluding hydrogens is 380 g/mol. The van der Waals surface area contributed by atoms with Crippen molar-refractivity contribution in [3.8, 4) is 0 Å². The molecule has 0 radical (unpaired) electrons. The molecule has 1 heterocycles. The van der Waals surface area contributed by atoms with Crippen LogP contribution in [0, 0.1) is 13.8 Å². The number of benzene rings is 2. The summed E-state index contributed by atoms with van der Waals surface area (Å²) in [5, 5.41) is 12.7. The molecule has 2 aromatic carbocycles. The van der Waals surface area contributed by atoms with Crippen LogP contribution in [0.15, 0.2) is 53.7 Å². The quantitative estimate of drug-likeness (QED) is 0.566. The molecule has 150 valence electrons. The molecule has 1 aromatic heterocycles. The Balaban J connectivity index is 1.40. The van der Waals surface area contributed by atoms with Crippen molar-refractivity contribution < 1.29 is 4.79 Å². The maximum Gasteiger partial charge on any atom is 0.234 e. The highest BCUT2D eigenvalue weighted by Crippen LogP contribution is 2.54. The normalized spacial score (nSPS) is 17.9. The average Bonchev–Trinajstić information content (AvgIpc) is 3.42. The van der Waals surface area contributed by atoms with E-state index >= 15 is 0 Å². The Labute approximate surface area is 175 Å². The predicted molar refractivity (Wildman–Crippen MR) is 118 cm³/mol. The van der Waals surface area contributed by atoms with Crippen molar-refractivity contribution in [2.75, 3.05) is 11.1 Å². The highest BCUT2D eigenvalue weighted by Gasteiger charge is 2.43. The monoisotopic (exact) mass is 406 g/mol. The summed E-state index contributed by atoms with van der Waals surface area (Å²) in [6.45, 7) is 6.98. The summed E-state index contributed by atoms with van der Waals surface area (Å²) in [7, 11) is 0. The van der Waals surface area contributed by atoms with Gasteiger partial charge < -0.3 is 9.88 Å². The van der Waals surface area contributed by atoms with Gasteiger partial charge in [0.2, 0.25) is 5.91 Å². The van der Waals surface area contributed by atoms with Crippen molar-refractivity contribution in [1.29, 1.82) is 0 Å². The van der Waals surface area contributed by atoms with Gasteiger partial charge in [0.15, 0.2) is 5.16 Å². The van der Waals surface area contributed by atoms with E-state index < -0.39 is 0 Å². The van der Waals surface area contributed by atoms with E-state index in [4.69, 9.17) is 0 Å². The molecule has 4 rings (SSSR count). The lowest BCUT2D eigenvalue weighted by Gasteiger charge is -2.10. The fourth-order valence-electron chi connectivity index (χ4n) is 3.73. The molecule has 3 aromatic rings. The van der Waals surface area contributed by atoms with Gasteiger partial charge in [-0.2, -0.15) is 0 Å². The minimum atomic E-state index is -0.0236. The first-order valence-corrected chi connectivity index (χ1v) is 11.0. The van der Waals surface area contributed by atoms with Gasteiger partial charge in [0.1, 0.15) is 5.82 Å². The van der Waals surface area contributed by atoms with E-state index in [1.165, 1.54) is 22.9 Å². The second-order valence-electron chi connectivity index (χ2n) is 7.53. The Morgan fingerprint density at radius 1 is 1.10 bits per heavy atom. The van der Waals surface area contributed by atoms with Crippen LogP contribution in [0.1, 0.15) is 47.7 Å². The van der Waals surface area contributed by atoms with Crippen LogP contribution in [0.3, 0.4) is 0 Å². The molecule has 29 heavy (non-hydrogen) atoms. The number of anilines is 1. The molecule has 0 spiro atoms. The van der Waals surface area contributed by atoms with Crippen LogP contribution in [-0.2, 0) is 11.3 Å². The van der Waals surface area contributed by atoms with Gasteiger partial charge in [-0.1, -0.05) is 54.2 Å². The number of amides is 1. The van der Waals surface area contributed by atoms with Crippen LogP contribution >= 0.6 is 11.8 Å². The van der Waals surface area contributed by atoms with E-state index in [-0.39, 0.29) is 5.91 Å². The van der Waals surface area contributed by atoms with E-state index in [1.54, 1.807) is 0 Å². The second-order valence-corrected chi connectivity index (χ2v) is 8.47. The number of carbonyl (C=O) groups excluding carboxylic acids is 1. The Morgan fingerprint density at radius 2 is 1.90 bits per heavy atom. The van der Waals surface area contributed by atoms with Crippen LogP contribution in [0.4, 0.5) is 5.69 Å². The van der Waals surface area contributed by atoms with Crippen LogP contribution in [0.2, 0.25) is 0 Å². The summed E-state index contributed by atoms with van der Waals surface area (Å²) in [4.78, 5) is 12.4. The smallest absolute Gasteiger partial charge is 0.234 e. The highest BCUT2D eigenvalue weighted by molar-refractivity contribution is 7.99. The van der Waals surface area contributed by atoms with Gasteiger partial charge in [-0.15, -0.1) is 10.2 Å². The molecule has 1 aliphatic rings. The van der Waals surface area contributed by atoms with Crippen molar-refractivity contribution in [3.05, 3.63) is 71.0 Å². The SMILES string of the molecule is CCn1c(SCC(=O)Nc2cccc(C)c2C)nnc1C1CC1c1ccccc1. The fraction of sp³-hybridized carbons (Fsp3) is 0.348. The van der Waals surface area contributed by atoms with Gasteiger partial charge in [0.25, 0.3) is 0 Å². The van der Waals surface area contributed by atoms with Crippen LogP contribution in [-0.4, -0.2) is 26.4 Å². The molecule has 0 bridgehead atoms. The van der Waals surface area contributed by atoms with Crippen LogP contribution in [0.25, 0.3) is 0 Å². The third-order valence-corrected chi connectivity index (χ3v) is 6.59. The maximum absolute atomic E-state index is 12.4. The Bertz CT molecular complexity index is 1010. The van der Waals surface area contributed by atoms with Crippen molar-refractivity contribution in [2.45, 2.75) is 50.7 Å². The van der Waals surface area contributed by atoms with Crippen molar-refractivity contribution in [2.24, 2.45) is 0 Å². The van der Waals surface area contributed by atoms with E-state index in [1.807, 2.05) is 38.1 Å². The minimum Gasteiger partial charge on any atom is -0.325 e. The lowest BCUT2D eigenvalue weighted by Crippen LogP contribution is -2.15. The summed E-state index contributed by atoms with van der Waals surface area (Å²) in [5.41, 5.74) is 4.51. The van der Waals surface area contributed by atoms with Gasteiger partial charge in [0.05, 0.1) is 5.75 Å². The number of hydrogen-bond donors (Lipinski definition) is 1. The Morgan fingerprint density at radius 3 is 2.66 bits per heavy atom. The van der Waals surface area contributed by atoms with Gasteiger partial charge in [-0.25, -0.2) is 0 Å². The topological polar surface area (TPSA) is 59.8 Å². The lowest BCUT2D eigenvalue weighted by molar-refractivity contribution is -0.113. The number of nitrogens with zero attached hydrogens (tertiary/aromatic N) is 3. The van der Waals surface area contributed by atoms with E-state index in [0.717, 1.165) is 35.2 Å². The minimum absolute atomic E-state index is 0.0236. The van der Waals surface area contributed by atoms with E-state index in [2.05, 4.69) is 51.3 Å². The summed E-state index contributed by atoms with van der Waals surface area (Å²) in [6.07, 6.45) is 1.11. The van der Waals surface area contributed by atoms with Crippen molar-refractivity contribution in [3.63, 3.8) is 0 Å². The van der Waals surface area contributed by atoms with Gasteiger partial charge >= 0.3 is 0 Å². The number of nitrogens with one attached hydrogen (secondary N) is 1. The van der Waals surface area contributed by atoms with Crippen molar-refractivity contribution in [1.82, 2.24) is 14.8 Å². The van der Waals surface area contributed by atoms with E-state index in [9.17, 15) is 4.79 Å². The molecule has 1 amide bonds. The lowest BCUT2D eigenvalue weighted by atomic mass is 10.1. The molecule has 1 N–H and O–H groups in total. The first kappa shape index (κ1) is 19.7. The summed E-state index contributed by atoms with van der Waals surface area (Å²) in [6, 6.07) is 16.5. The Kier molecular flexibility index (Phi) is 5.72.